The summed E-state index contributed by atoms with van der Waals surface area (Å²) in [4.78, 5) is 14.0. The Morgan fingerprint density at radius 1 is 1.33 bits per heavy atom. The highest BCUT2D eigenvalue weighted by Crippen LogP contribution is 2.19. The van der Waals surface area contributed by atoms with Crippen molar-refractivity contribution in [2.45, 2.75) is 24.3 Å². The maximum absolute atomic E-state index is 12.0. The molecule has 0 aliphatic carbocycles. The van der Waals surface area contributed by atoms with Crippen molar-refractivity contribution in [2.24, 2.45) is 5.14 Å². The molecule has 0 spiro atoms. The average molecular weight is 351 g/mol. The molecule has 1 unspecified atom stereocenters. The van der Waals surface area contributed by atoms with Gasteiger partial charge < -0.3 is 9.73 Å². The van der Waals surface area contributed by atoms with Gasteiger partial charge in [0.2, 0.25) is 15.9 Å². The molecule has 130 valence electrons. The minimum Gasteiger partial charge on any atom is -0.468 e. The van der Waals surface area contributed by atoms with Gasteiger partial charge in [-0.05, 0) is 44.3 Å². The van der Waals surface area contributed by atoms with E-state index in [4.69, 9.17) is 9.56 Å². The van der Waals surface area contributed by atoms with Crippen molar-refractivity contribution >= 4 is 21.6 Å². The summed E-state index contributed by atoms with van der Waals surface area (Å²) in [5.74, 6) is 0.624. The first-order valence-corrected chi connectivity index (χ1v) is 8.98. The third-order valence-corrected chi connectivity index (χ3v) is 4.66. The van der Waals surface area contributed by atoms with Gasteiger partial charge >= 0.3 is 0 Å². The van der Waals surface area contributed by atoms with Gasteiger partial charge in [-0.1, -0.05) is 6.07 Å². The molecule has 0 saturated carbocycles. The van der Waals surface area contributed by atoms with Crippen LogP contribution >= 0.6 is 0 Å². The molecule has 3 N–H and O–H groups in total. The number of primary sulfonamides is 1. The van der Waals surface area contributed by atoms with Crippen LogP contribution in [0.2, 0.25) is 0 Å². The lowest BCUT2D eigenvalue weighted by molar-refractivity contribution is -0.116. The number of benzene rings is 1. The number of nitrogens with one attached hydrogen (secondary N) is 1. The van der Waals surface area contributed by atoms with Gasteiger partial charge in [-0.3, -0.25) is 9.69 Å². The van der Waals surface area contributed by atoms with Crippen molar-refractivity contribution in [1.82, 2.24) is 4.90 Å². The molecule has 7 nitrogen and oxygen atoms in total. The van der Waals surface area contributed by atoms with Crippen molar-refractivity contribution in [3.05, 3.63) is 48.4 Å². The largest absolute Gasteiger partial charge is 0.468 e. The first-order valence-electron chi connectivity index (χ1n) is 7.44. The Hall–Kier alpha value is -2.16. The van der Waals surface area contributed by atoms with Crippen LogP contribution in [0.3, 0.4) is 0 Å². The molecule has 8 heteroatoms. The van der Waals surface area contributed by atoms with Gasteiger partial charge in [0.1, 0.15) is 5.76 Å². The number of nitrogens with zero attached hydrogens (tertiary/aromatic N) is 1. The smallest absolute Gasteiger partial charge is 0.238 e. The first kappa shape index (κ1) is 18.2. The lowest BCUT2D eigenvalue weighted by Crippen LogP contribution is -2.26. The van der Waals surface area contributed by atoms with Crippen molar-refractivity contribution in [2.75, 3.05) is 18.9 Å². The summed E-state index contributed by atoms with van der Waals surface area (Å²) in [5.41, 5.74) is 0.397. The molecule has 0 saturated heterocycles. The number of hydrogen-bond donors (Lipinski definition) is 2. The van der Waals surface area contributed by atoms with E-state index in [-0.39, 0.29) is 23.3 Å². The minimum atomic E-state index is -3.79. The molecule has 1 amide bonds. The molecule has 0 aliphatic heterocycles. The molecule has 1 atom stereocenters. The highest BCUT2D eigenvalue weighted by molar-refractivity contribution is 7.89. The number of rotatable bonds is 7. The summed E-state index contributed by atoms with van der Waals surface area (Å²) < 4.78 is 28.0. The fraction of sp³-hybridized carbons (Fsp3) is 0.312. The average Bonchev–Trinajstić information content (AvgIpc) is 3.05. The maximum Gasteiger partial charge on any atom is 0.238 e. The Kier molecular flexibility index (Phi) is 5.76. The second kappa shape index (κ2) is 7.61. The lowest BCUT2D eigenvalue weighted by Gasteiger charge is -2.22. The first-order chi connectivity index (χ1) is 11.3. The molecule has 0 radical (unpaired) electrons. The maximum atomic E-state index is 12.0. The van der Waals surface area contributed by atoms with Crippen LogP contribution in [-0.4, -0.2) is 32.8 Å². The normalized spacial score (nSPS) is 13.0. The Bertz CT molecular complexity index is 787. The van der Waals surface area contributed by atoms with Gasteiger partial charge in [0.05, 0.1) is 17.2 Å². The summed E-state index contributed by atoms with van der Waals surface area (Å²) in [6, 6.07) is 9.62. The number of carbonyl (C=O) groups excluding carboxylic acids is 1. The lowest BCUT2D eigenvalue weighted by atomic mass is 10.2. The van der Waals surface area contributed by atoms with Crippen LogP contribution in [0.15, 0.2) is 52.0 Å². The highest BCUT2D eigenvalue weighted by atomic mass is 32.2. The quantitative estimate of drug-likeness (QED) is 0.793. The van der Waals surface area contributed by atoms with Crippen LogP contribution in [0.25, 0.3) is 0 Å². The second-order valence-corrected chi connectivity index (χ2v) is 7.10. The Labute approximate surface area is 141 Å². The summed E-state index contributed by atoms with van der Waals surface area (Å²) >= 11 is 0. The van der Waals surface area contributed by atoms with E-state index in [1.54, 1.807) is 12.3 Å². The van der Waals surface area contributed by atoms with E-state index in [0.717, 1.165) is 5.76 Å². The van der Waals surface area contributed by atoms with Gasteiger partial charge in [-0.2, -0.15) is 0 Å². The third-order valence-electron chi connectivity index (χ3n) is 3.75. The molecule has 2 rings (SSSR count). The number of nitrogens with two attached hydrogens (primary N) is 1. The number of furan rings is 1. The summed E-state index contributed by atoms with van der Waals surface area (Å²) in [7, 11) is -1.89. The van der Waals surface area contributed by atoms with E-state index in [1.807, 2.05) is 31.0 Å². The number of hydrogen-bond acceptors (Lipinski definition) is 5. The molecule has 1 heterocycles. The van der Waals surface area contributed by atoms with Crippen molar-refractivity contribution in [1.29, 1.82) is 0 Å². The van der Waals surface area contributed by atoms with Crippen molar-refractivity contribution in [3.63, 3.8) is 0 Å². The molecule has 1 aromatic heterocycles. The van der Waals surface area contributed by atoms with Crippen molar-refractivity contribution < 1.29 is 17.6 Å². The number of anilines is 1. The molecule has 0 aliphatic rings. The van der Waals surface area contributed by atoms with Crippen LogP contribution in [-0.2, 0) is 14.8 Å². The van der Waals surface area contributed by atoms with E-state index in [1.165, 1.54) is 18.2 Å². The SMILES string of the molecule is CC(c1ccco1)N(C)CCC(=O)Nc1cccc(S(N)(=O)=O)c1. The minimum absolute atomic E-state index is 0.0381. The fourth-order valence-corrected chi connectivity index (χ4v) is 2.75. The Balaban J connectivity index is 1.90. The molecule has 0 bridgehead atoms. The zero-order chi connectivity index (χ0) is 17.7. The topological polar surface area (TPSA) is 106 Å². The van der Waals surface area contributed by atoms with Crippen LogP contribution in [0, 0.1) is 0 Å². The van der Waals surface area contributed by atoms with E-state index in [9.17, 15) is 13.2 Å². The molecular formula is C16H21N3O4S. The van der Waals surface area contributed by atoms with Crippen LogP contribution < -0.4 is 10.5 Å². The Morgan fingerprint density at radius 3 is 2.71 bits per heavy atom. The third kappa shape index (κ3) is 4.92. The molecule has 1 aromatic carbocycles. The zero-order valence-electron chi connectivity index (χ0n) is 13.6. The number of carbonyl (C=O) groups is 1. The van der Waals surface area contributed by atoms with Gasteiger partial charge in [-0.15, -0.1) is 0 Å². The number of sulfonamides is 1. The molecule has 24 heavy (non-hydrogen) atoms. The molecular weight excluding hydrogens is 330 g/mol. The number of amides is 1. The van der Waals surface area contributed by atoms with Gasteiger partial charge in [0.25, 0.3) is 0 Å². The monoisotopic (exact) mass is 351 g/mol. The van der Waals surface area contributed by atoms with E-state index >= 15 is 0 Å². The van der Waals surface area contributed by atoms with Crippen LogP contribution in [0.1, 0.15) is 25.1 Å². The second-order valence-electron chi connectivity index (χ2n) is 5.54. The highest BCUT2D eigenvalue weighted by Gasteiger charge is 2.15. The fourth-order valence-electron chi connectivity index (χ4n) is 2.19. The van der Waals surface area contributed by atoms with E-state index in [2.05, 4.69) is 5.32 Å². The predicted molar refractivity (Wildman–Crippen MR) is 90.8 cm³/mol. The van der Waals surface area contributed by atoms with E-state index in [0.29, 0.717) is 12.2 Å². The molecule has 0 fully saturated rings. The molecule has 2 aromatic rings. The summed E-state index contributed by atoms with van der Waals surface area (Å²) in [5, 5.41) is 7.75. The van der Waals surface area contributed by atoms with Crippen LogP contribution in [0.5, 0.6) is 0 Å². The zero-order valence-corrected chi connectivity index (χ0v) is 14.4. The van der Waals surface area contributed by atoms with Gasteiger partial charge in [-0.25, -0.2) is 13.6 Å². The van der Waals surface area contributed by atoms with Gasteiger partial charge in [0.15, 0.2) is 0 Å². The standard InChI is InChI=1S/C16H21N3O4S/c1-12(15-7-4-10-23-15)19(2)9-8-16(20)18-13-5-3-6-14(11-13)24(17,21)22/h3-7,10-12H,8-9H2,1-2H3,(H,18,20)(H2,17,21,22). The Morgan fingerprint density at radius 2 is 2.08 bits per heavy atom. The van der Waals surface area contributed by atoms with Crippen LogP contribution in [0.4, 0.5) is 5.69 Å². The van der Waals surface area contributed by atoms with E-state index < -0.39 is 10.0 Å². The summed E-state index contributed by atoms with van der Waals surface area (Å²) in [6.45, 7) is 2.52. The predicted octanol–water partition coefficient (Wildman–Crippen LogP) is 1.95. The van der Waals surface area contributed by atoms with Crippen molar-refractivity contribution in [3.8, 4) is 0 Å². The van der Waals surface area contributed by atoms with Gasteiger partial charge in [0, 0.05) is 18.7 Å². The summed E-state index contributed by atoms with van der Waals surface area (Å²) in [6.07, 6.45) is 1.88.